The van der Waals surface area contributed by atoms with Gasteiger partial charge in [-0.05, 0) is 6.42 Å². The highest BCUT2D eigenvalue weighted by molar-refractivity contribution is 7.85. The predicted octanol–water partition coefficient (Wildman–Crippen LogP) is 0.618. The number of carbonyl (C=O) groups is 1. The molecule has 4 heteroatoms. The van der Waals surface area contributed by atoms with Gasteiger partial charge < -0.3 is 5.11 Å². The summed E-state index contributed by atoms with van der Waals surface area (Å²) in [6.45, 7) is 1.88. The van der Waals surface area contributed by atoms with Gasteiger partial charge in [0.15, 0.2) is 0 Å². The zero-order valence-electron chi connectivity index (χ0n) is 6.16. The smallest absolute Gasteiger partial charge is 0.319 e. The van der Waals surface area contributed by atoms with Crippen LogP contribution < -0.4 is 0 Å². The van der Waals surface area contributed by atoms with Crippen molar-refractivity contribution in [2.24, 2.45) is 0 Å². The third kappa shape index (κ3) is 2.96. The monoisotopic (exact) mass is 164 g/mol. The molecule has 0 aliphatic carbocycles. The second kappa shape index (κ2) is 4.44. The molecule has 0 aromatic carbocycles. The summed E-state index contributed by atoms with van der Waals surface area (Å²) in [5.41, 5.74) is 0. The summed E-state index contributed by atoms with van der Waals surface area (Å²) in [6, 6.07) is 0. The first-order valence-electron chi connectivity index (χ1n) is 3.14. The van der Waals surface area contributed by atoms with Crippen LogP contribution in [0.25, 0.3) is 0 Å². The summed E-state index contributed by atoms with van der Waals surface area (Å²) in [6.07, 6.45) is 2.68. The van der Waals surface area contributed by atoms with E-state index in [2.05, 4.69) is 0 Å². The molecule has 1 N–H and O–H groups in total. The number of carboxylic acid groups (broad SMARTS) is 1. The zero-order valence-corrected chi connectivity index (χ0v) is 6.98. The Labute approximate surface area is 62.9 Å². The fourth-order valence-electron chi connectivity index (χ4n) is 0.694. The van der Waals surface area contributed by atoms with Gasteiger partial charge in [0.25, 0.3) is 0 Å². The molecule has 0 fully saturated rings. The van der Waals surface area contributed by atoms with Gasteiger partial charge in [-0.15, -0.1) is 0 Å². The molecule has 3 nitrogen and oxygen atoms in total. The minimum Gasteiger partial charge on any atom is -0.480 e. The van der Waals surface area contributed by atoms with E-state index in [1.807, 2.05) is 6.92 Å². The third-order valence-corrected chi connectivity index (χ3v) is 2.47. The lowest BCUT2D eigenvalue weighted by Gasteiger charge is -2.05. The topological polar surface area (TPSA) is 54.4 Å². The van der Waals surface area contributed by atoms with Crippen LogP contribution in [0.5, 0.6) is 0 Å². The van der Waals surface area contributed by atoms with Crippen LogP contribution in [0.15, 0.2) is 0 Å². The van der Waals surface area contributed by atoms with Gasteiger partial charge in [-0.1, -0.05) is 13.3 Å². The highest BCUT2D eigenvalue weighted by Crippen LogP contribution is 2.03. The van der Waals surface area contributed by atoms with E-state index < -0.39 is 22.0 Å². The molecule has 10 heavy (non-hydrogen) atoms. The van der Waals surface area contributed by atoms with E-state index in [0.717, 1.165) is 6.42 Å². The molecule has 2 atom stereocenters. The molecule has 0 aliphatic rings. The van der Waals surface area contributed by atoms with Crippen molar-refractivity contribution < 1.29 is 14.1 Å². The van der Waals surface area contributed by atoms with Gasteiger partial charge in [-0.2, -0.15) is 0 Å². The Bertz CT molecular complexity index is 130. The van der Waals surface area contributed by atoms with Crippen LogP contribution in [0.2, 0.25) is 0 Å². The molecule has 60 valence electrons. The van der Waals surface area contributed by atoms with E-state index in [9.17, 15) is 9.00 Å². The van der Waals surface area contributed by atoms with Gasteiger partial charge in [-0.3, -0.25) is 9.00 Å². The molecular formula is C6H12O3S. The van der Waals surface area contributed by atoms with Gasteiger partial charge in [0.2, 0.25) is 0 Å². The number of rotatable bonds is 4. The molecule has 0 aliphatic heterocycles. The first-order chi connectivity index (χ1) is 4.59. The Balaban J connectivity index is 3.98. The first-order valence-corrected chi connectivity index (χ1v) is 4.76. The molecule has 0 rings (SSSR count). The Morgan fingerprint density at radius 3 is 2.30 bits per heavy atom. The molecule has 0 spiro atoms. The lowest BCUT2D eigenvalue weighted by molar-refractivity contribution is -0.136. The third-order valence-electron chi connectivity index (χ3n) is 1.23. The summed E-state index contributed by atoms with van der Waals surface area (Å²) >= 11 is 0. The zero-order chi connectivity index (χ0) is 8.15. The van der Waals surface area contributed by atoms with Crippen molar-refractivity contribution in [3.8, 4) is 0 Å². The summed E-state index contributed by atoms with van der Waals surface area (Å²) in [5.74, 6) is -0.956. The van der Waals surface area contributed by atoms with Crippen molar-refractivity contribution >= 4 is 16.8 Å². The predicted molar refractivity (Wildman–Crippen MR) is 40.4 cm³/mol. The maximum absolute atomic E-state index is 10.7. The van der Waals surface area contributed by atoms with Crippen LogP contribution in [0, 0.1) is 0 Å². The van der Waals surface area contributed by atoms with Crippen LogP contribution in [0.1, 0.15) is 19.8 Å². The molecule has 0 radical (unpaired) electrons. The standard InChI is InChI=1S/C6H12O3S/c1-3-4-5(6(7)8)10(2)9/h5H,3-4H2,1-2H3,(H,7,8). The number of aliphatic carboxylic acids is 1. The van der Waals surface area contributed by atoms with E-state index in [1.54, 1.807) is 0 Å². The largest absolute Gasteiger partial charge is 0.480 e. The van der Waals surface area contributed by atoms with Gasteiger partial charge >= 0.3 is 5.97 Å². The summed E-state index contributed by atoms with van der Waals surface area (Å²) < 4.78 is 10.7. The van der Waals surface area contributed by atoms with Crippen LogP contribution in [0.4, 0.5) is 0 Å². The normalized spacial score (nSPS) is 16.2. The SMILES string of the molecule is CCCC(C(=O)O)S(C)=O. The van der Waals surface area contributed by atoms with Crippen molar-refractivity contribution in [3.05, 3.63) is 0 Å². The summed E-state index contributed by atoms with van der Waals surface area (Å²) in [7, 11) is -1.23. The number of carboxylic acids is 1. The van der Waals surface area contributed by atoms with Crippen molar-refractivity contribution in [2.75, 3.05) is 6.26 Å². The Hall–Kier alpha value is -0.380. The fourth-order valence-corrected chi connectivity index (χ4v) is 1.55. The van der Waals surface area contributed by atoms with E-state index in [4.69, 9.17) is 5.11 Å². The van der Waals surface area contributed by atoms with Crippen molar-refractivity contribution in [1.82, 2.24) is 0 Å². The van der Waals surface area contributed by atoms with E-state index in [0.29, 0.717) is 6.42 Å². The van der Waals surface area contributed by atoms with Gasteiger partial charge in [-0.25, -0.2) is 0 Å². The Morgan fingerprint density at radius 2 is 2.20 bits per heavy atom. The Morgan fingerprint density at radius 1 is 1.70 bits per heavy atom. The molecule has 0 heterocycles. The van der Waals surface area contributed by atoms with Crippen LogP contribution in [-0.2, 0) is 15.6 Å². The average Bonchev–Trinajstić information content (AvgIpc) is 1.81. The molecule has 2 unspecified atom stereocenters. The van der Waals surface area contributed by atoms with Gasteiger partial charge in [0, 0.05) is 17.1 Å². The molecule has 0 amide bonds. The lowest BCUT2D eigenvalue weighted by Crippen LogP contribution is -2.24. The molecule has 0 bridgehead atoms. The number of hydrogen-bond acceptors (Lipinski definition) is 2. The number of hydrogen-bond donors (Lipinski definition) is 1. The molecule has 0 saturated heterocycles. The first kappa shape index (κ1) is 9.62. The summed E-state index contributed by atoms with van der Waals surface area (Å²) in [4.78, 5) is 10.3. The Kier molecular flexibility index (Phi) is 4.27. The van der Waals surface area contributed by atoms with Crippen LogP contribution in [-0.4, -0.2) is 26.8 Å². The molecule has 0 aromatic heterocycles. The second-order valence-corrected chi connectivity index (χ2v) is 3.68. The van der Waals surface area contributed by atoms with Crippen LogP contribution >= 0.6 is 0 Å². The van der Waals surface area contributed by atoms with Crippen molar-refractivity contribution in [2.45, 2.75) is 25.0 Å². The quantitative estimate of drug-likeness (QED) is 0.662. The van der Waals surface area contributed by atoms with Gasteiger partial charge in [0.05, 0.1) is 0 Å². The van der Waals surface area contributed by atoms with E-state index >= 15 is 0 Å². The lowest BCUT2D eigenvalue weighted by atomic mass is 10.2. The van der Waals surface area contributed by atoms with E-state index in [-0.39, 0.29) is 0 Å². The highest BCUT2D eigenvalue weighted by Gasteiger charge is 2.19. The maximum atomic E-state index is 10.7. The van der Waals surface area contributed by atoms with Crippen LogP contribution in [0.3, 0.4) is 0 Å². The summed E-state index contributed by atoms with van der Waals surface area (Å²) in [5, 5.41) is 7.81. The second-order valence-electron chi connectivity index (χ2n) is 2.11. The minimum absolute atomic E-state index is 0.498. The average molecular weight is 164 g/mol. The molecule has 0 saturated carbocycles. The molecule has 0 aromatic rings. The van der Waals surface area contributed by atoms with Gasteiger partial charge in [0.1, 0.15) is 5.25 Å². The van der Waals surface area contributed by atoms with Crippen molar-refractivity contribution in [1.29, 1.82) is 0 Å². The van der Waals surface area contributed by atoms with Crippen molar-refractivity contribution in [3.63, 3.8) is 0 Å². The van der Waals surface area contributed by atoms with E-state index in [1.165, 1.54) is 6.26 Å². The highest BCUT2D eigenvalue weighted by atomic mass is 32.2. The minimum atomic E-state index is -1.23. The molecular weight excluding hydrogens is 152 g/mol. The fraction of sp³-hybridized carbons (Fsp3) is 0.833. The maximum Gasteiger partial charge on any atom is 0.319 e.